The van der Waals surface area contributed by atoms with E-state index in [4.69, 9.17) is 14.6 Å². The molecule has 2 N–H and O–H groups in total. The summed E-state index contributed by atoms with van der Waals surface area (Å²) in [4.78, 5) is 23.4. The van der Waals surface area contributed by atoms with Crippen molar-refractivity contribution in [3.63, 3.8) is 0 Å². The van der Waals surface area contributed by atoms with E-state index in [1.165, 1.54) is 0 Å². The standard InChI is InChI=1S/C19H27NO5/c1-2-13-25-19(11-5-3-4-6-12-19)18(23)20-15-7-9-16(10-8-15)24-14-17(21)22/h7-10H,2-6,11-14H2,1H3,(H,20,23)(H,21,22). The fourth-order valence-corrected chi connectivity index (χ4v) is 3.06. The summed E-state index contributed by atoms with van der Waals surface area (Å²) in [7, 11) is 0. The maximum Gasteiger partial charge on any atom is 0.341 e. The summed E-state index contributed by atoms with van der Waals surface area (Å²) >= 11 is 0. The van der Waals surface area contributed by atoms with Gasteiger partial charge in [0.25, 0.3) is 5.91 Å². The van der Waals surface area contributed by atoms with Crippen molar-refractivity contribution < 1.29 is 24.2 Å². The van der Waals surface area contributed by atoms with Gasteiger partial charge >= 0.3 is 5.97 Å². The molecular weight excluding hydrogens is 322 g/mol. The molecule has 0 aromatic heterocycles. The van der Waals surface area contributed by atoms with Gasteiger partial charge in [-0.3, -0.25) is 4.79 Å². The van der Waals surface area contributed by atoms with Crippen LogP contribution in [-0.4, -0.2) is 35.8 Å². The lowest BCUT2D eigenvalue weighted by atomic mass is 9.92. The second-order valence-electron chi connectivity index (χ2n) is 6.42. The Bertz CT molecular complexity index is 562. The van der Waals surface area contributed by atoms with Gasteiger partial charge in [0.15, 0.2) is 6.61 Å². The minimum Gasteiger partial charge on any atom is -0.482 e. The summed E-state index contributed by atoms with van der Waals surface area (Å²) in [6.45, 7) is 2.23. The van der Waals surface area contributed by atoms with E-state index in [1.807, 2.05) is 6.92 Å². The highest BCUT2D eigenvalue weighted by atomic mass is 16.5. The summed E-state index contributed by atoms with van der Waals surface area (Å²) in [6, 6.07) is 6.70. The van der Waals surface area contributed by atoms with Crippen molar-refractivity contribution in [2.24, 2.45) is 0 Å². The van der Waals surface area contributed by atoms with Gasteiger partial charge in [-0.15, -0.1) is 0 Å². The van der Waals surface area contributed by atoms with Crippen LogP contribution in [0.5, 0.6) is 5.75 Å². The molecule has 0 heterocycles. The zero-order valence-corrected chi connectivity index (χ0v) is 14.8. The van der Waals surface area contributed by atoms with Gasteiger partial charge in [-0.2, -0.15) is 0 Å². The number of carboxylic acids is 1. The van der Waals surface area contributed by atoms with Gasteiger partial charge in [0, 0.05) is 12.3 Å². The molecular formula is C19H27NO5. The van der Waals surface area contributed by atoms with Gasteiger partial charge in [0.1, 0.15) is 11.4 Å². The second kappa shape index (κ2) is 9.42. The van der Waals surface area contributed by atoms with E-state index in [0.717, 1.165) is 44.9 Å². The van der Waals surface area contributed by atoms with Crippen molar-refractivity contribution in [1.29, 1.82) is 0 Å². The van der Waals surface area contributed by atoms with E-state index in [-0.39, 0.29) is 12.5 Å². The molecule has 0 aliphatic heterocycles. The fourth-order valence-electron chi connectivity index (χ4n) is 3.06. The van der Waals surface area contributed by atoms with Crippen LogP contribution < -0.4 is 10.1 Å². The summed E-state index contributed by atoms with van der Waals surface area (Å²) in [5, 5.41) is 11.6. The third-order valence-corrected chi connectivity index (χ3v) is 4.38. The van der Waals surface area contributed by atoms with Crippen molar-refractivity contribution in [2.45, 2.75) is 57.5 Å². The molecule has 1 amide bonds. The first kappa shape index (κ1) is 19.2. The quantitative estimate of drug-likeness (QED) is 0.700. The number of hydrogen-bond donors (Lipinski definition) is 2. The van der Waals surface area contributed by atoms with Crippen LogP contribution in [-0.2, 0) is 14.3 Å². The zero-order chi connectivity index (χ0) is 18.1. The lowest BCUT2D eigenvalue weighted by Gasteiger charge is -2.31. The van der Waals surface area contributed by atoms with Crippen molar-refractivity contribution in [1.82, 2.24) is 0 Å². The second-order valence-corrected chi connectivity index (χ2v) is 6.42. The van der Waals surface area contributed by atoms with Crippen molar-refractivity contribution in [2.75, 3.05) is 18.5 Å². The molecule has 1 aromatic rings. The molecule has 0 saturated heterocycles. The highest BCUT2D eigenvalue weighted by molar-refractivity contribution is 5.97. The van der Waals surface area contributed by atoms with Gasteiger partial charge in [-0.25, -0.2) is 4.79 Å². The van der Waals surface area contributed by atoms with Crippen LogP contribution >= 0.6 is 0 Å². The molecule has 1 saturated carbocycles. The van der Waals surface area contributed by atoms with E-state index < -0.39 is 11.6 Å². The predicted octanol–water partition coefficient (Wildman–Crippen LogP) is 3.61. The van der Waals surface area contributed by atoms with Gasteiger partial charge < -0.3 is 19.9 Å². The zero-order valence-electron chi connectivity index (χ0n) is 14.8. The number of anilines is 1. The van der Waals surface area contributed by atoms with Crippen molar-refractivity contribution >= 4 is 17.6 Å². The van der Waals surface area contributed by atoms with Gasteiger partial charge in [0.05, 0.1) is 0 Å². The number of hydrogen-bond acceptors (Lipinski definition) is 4. The first-order valence-corrected chi connectivity index (χ1v) is 8.96. The smallest absolute Gasteiger partial charge is 0.341 e. The maximum atomic E-state index is 12.9. The number of benzene rings is 1. The normalized spacial score (nSPS) is 16.7. The molecule has 0 bridgehead atoms. The van der Waals surface area contributed by atoms with Gasteiger partial charge in [-0.05, 0) is 43.5 Å². The first-order chi connectivity index (χ1) is 12.1. The summed E-state index contributed by atoms with van der Waals surface area (Å²) in [5.41, 5.74) is -0.0956. The largest absolute Gasteiger partial charge is 0.482 e. The molecule has 1 aliphatic carbocycles. The molecule has 138 valence electrons. The number of ether oxygens (including phenoxy) is 2. The number of nitrogens with one attached hydrogen (secondary N) is 1. The number of carbonyl (C=O) groups is 2. The highest BCUT2D eigenvalue weighted by Crippen LogP contribution is 2.32. The average Bonchev–Trinajstić information content (AvgIpc) is 2.86. The number of amides is 1. The number of carboxylic acid groups (broad SMARTS) is 1. The fraction of sp³-hybridized carbons (Fsp3) is 0.579. The van der Waals surface area contributed by atoms with Crippen molar-refractivity contribution in [3.8, 4) is 5.75 Å². The molecule has 0 radical (unpaired) electrons. The minimum atomic E-state index is -1.03. The summed E-state index contributed by atoms with van der Waals surface area (Å²) in [5.74, 6) is -0.672. The lowest BCUT2D eigenvalue weighted by Crippen LogP contribution is -2.45. The predicted molar refractivity (Wildman–Crippen MR) is 94.9 cm³/mol. The Morgan fingerprint density at radius 2 is 1.76 bits per heavy atom. The molecule has 0 atom stereocenters. The maximum absolute atomic E-state index is 12.9. The monoisotopic (exact) mass is 349 g/mol. The Hall–Kier alpha value is -2.08. The van der Waals surface area contributed by atoms with Gasteiger partial charge in [-0.1, -0.05) is 32.6 Å². The molecule has 6 nitrogen and oxygen atoms in total. The highest BCUT2D eigenvalue weighted by Gasteiger charge is 2.39. The molecule has 0 spiro atoms. The third-order valence-electron chi connectivity index (χ3n) is 4.38. The third kappa shape index (κ3) is 5.74. The van der Waals surface area contributed by atoms with Crippen LogP contribution in [0.1, 0.15) is 51.9 Å². The number of carbonyl (C=O) groups excluding carboxylic acids is 1. The van der Waals surface area contributed by atoms with Crippen molar-refractivity contribution in [3.05, 3.63) is 24.3 Å². The molecule has 0 unspecified atom stereocenters. The SMILES string of the molecule is CCCOC1(C(=O)Nc2ccc(OCC(=O)O)cc2)CCCCCC1. The van der Waals surface area contributed by atoms with Crippen LogP contribution in [0.3, 0.4) is 0 Å². The average molecular weight is 349 g/mol. The van der Waals surface area contributed by atoms with E-state index in [1.54, 1.807) is 24.3 Å². The summed E-state index contributed by atoms with van der Waals surface area (Å²) < 4.78 is 11.1. The summed E-state index contributed by atoms with van der Waals surface area (Å²) in [6.07, 6.45) is 6.65. The van der Waals surface area contributed by atoms with E-state index in [0.29, 0.717) is 18.0 Å². The lowest BCUT2D eigenvalue weighted by molar-refractivity contribution is -0.143. The first-order valence-electron chi connectivity index (χ1n) is 8.96. The van der Waals surface area contributed by atoms with Crippen LogP contribution in [0.2, 0.25) is 0 Å². The van der Waals surface area contributed by atoms with Crippen LogP contribution in [0.15, 0.2) is 24.3 Å². The number of rotatable bonds is 8. The molecule has 2 rings (SSSR count). The Labute approximate surface area is 148 Å². The molecule has 1 fully saturated rings. The van der Waals surface area contributed by atoms with E-state index in [2.05, 4.69) is 5.32 Å². The Morgan fingerprint density at radius 1 is 1.12 bits per heavy atom. The minimum absolute atomic E-state index is 0.0953. The van der Waals surface area contributed by atoms with Crippen LogP contribution in [0.25, 0.3) is 0 Å². The Morgan fingerprint density at radius 3 is 2.32 bits per heavy atom. The molecule has 1 aromatic carbocycles. The molecule has 6 heteroatoms. The van der Waals surface area contributed by atoms with E-state index >= 15 is 0 Å². The molecule has 25 heavy (non-hydrogen) atoms. The molecule has 1 aliphatic rings. The Kier molecular flexibility index (Phi) is 7.25. The Balaban J connectivity index is 2.02. The van der Waals surface area contributed by atoms with Crippen LogP contribution in [0.4, 0.5) is 5.69 Å². The topological polar surface area (TPSA) is 84.9 Å². The van der Waals surface area contributed by atoms with Gasteiger partial charge in [0.2, 0.25) is 0 Å². The van der Waals surface area contributed by atoms with Crippen LogP contribution in [0, 0.1) is 0 Å². The van der Waals surface area contributed by atoms with E-state index in [9.17, 15) is 9.59 Å². The number of aliphatic carboxylic acids is 1.